The Bertz CT molecular complexity index is 317. The van der Waals surface area contributed by atoms with Crippen LogP contribution in [0.25, 0.3) is 0 Å². The van der Waals surface area contributed by atoms with Crippen LogP contribution in [0.2, 0.25) is 5.02 Å². The minimum Gasteiger partial charge on any atom is -0.391 e. The van der Waals surface area contributed by atoms with Crippen molar-refractivity contribution in [3.8, 4) is 0 Å². The molecule has 0 fully saturated rings. The van der Waals surface area contributed by atoms with Crippen LogP contribution in [0.1, 0.15) is 18.5 Å². The monoisotopic (exact) mass is 305 g/mol. The summed E-state index contributed by atoms with van der Waals surface area (Å²) in [5.74, 6) is 0. The highest BCUT2D eigenvalue weighted by Gasteiger charge is 2.14. The minimum atomic E-state index is -0.334. The van der Waals surface area contributed by atoms with Gasteiger partial charge in [-0.25, -0.2) is 0 Å². The van der Waals surface area contributed by atoms with Gasteiger partial charge in [-0.05, 0) is 31.7 Å². The zero-order valence-electron chi connectivity index (χ0n) is 9.53. The first kappa shape index (κ1) is 14.0. The summed E-state index contributed by atoms with van der Waals surface area (Å²) in [4.78, 5) is 2.12. The molecular formula is C12H17BrClNO. The van der Waals surface area contributed by atoms with Crippen LogP contribution in [0.15, 0.2) is 24.3 Å². The van der Waals surface area contributed by atoms with Crippen LogP contribution < -0.4 is 0 Å². The van der Waals surface area contributed by atoms with Gasteiger partial charge in [-0.15, -0.1) is 0 Å². The van der Waals surface area contributed by atoms with Crippen molar-refractivity contribution in [1.82, 2.24) is 4.90 Å². The van der Waals surface area contributed by atoms with E-state index in [0.717, 1.165) is 5.02 Å². The Kier molecular flexibility index (Phi) is 5.76. The Morgan fingerprint density at radius 2 is 1.94 bits per heavy atom. The molecular weight excluding hydrogens is 289 g/mol. The fourth-order valence-corrected chi connectivity index (χ4v) is 1.87. The van der Waals surface area contributed by atoms with Crippen molar-refractivity contribution < 1.29 is 5.11 Å². The summed E-state index contributed by atoms with van der Waals surface area (Å²) < 4.78 is 0. The van der Waals surface area contributed by atoms with Crippen molar-refractivity contribution >= 4 is 27.5 Å². The van der Waals surface area contributed by atoms with E-state index >= 15 is 0 Å². The number of aliphatic hydroxyl groups excluding tert-OH is 1. The highest BCUT2D eigenvalue weighted by atomic mass is 79.9. The molecule has 0 aliphatic rings. The van der Waals surface area contributed by atoms with E-state index in [2.05, 4.69) is 27.8 Å². The van der Waals surface area contributed by atoms with E-state index in [-0.39, 0.29) is 12.1 Å². The molecule has 1 aromatic rings. The molecule has 4 heteroatoms. The van der Waals surface area contributed by atoms with Crippen LogP contribution >= 0.6 is 27.5 Å². The molecule has 0 aromatic heterocycles. The third-order valence-electron chi connectivity index (χ3n) is 2.69. The van der Waals surface area contributed by atoms with Gasteiger partial charge in [-0.3, -0.25) is 4.90 Å². The van der Waals surface area contributed by atoms with Crippen LogP contribution in [-0.4, -0.2) is 35.0 Å². The largest absolute Gasteiger partial charge is 0.391 e. The zero-order chi connectivity index (χ0) is 12.1. The molecule has 16 heavy (non-hydrogen) atoms. The SMILES string of the molecule is CC(c1ccc(Cl)cc1)N(C)CC(O)CBr. The molecule has 1 N–H and O–H groups in total. The van der Waals surface area contributed by atoms with E-state index in [1.54, 1.807) is 0 Å². The maximum Gasteiger partial charge on any atom is 0.0763 e. The highest BCUT2D eigenvalue weighted by molar-refractivity contribution is 9.09. The average molecular weight is 307 g/mol. The Hall–Kier alpha value is -0.0900. The molecule has 0 amide bonds. The number of hydrogen-bond acceptors (Lipinski definition) is 2. The number of halogens is 2. The Morgan fingerprint density at radius 1 is 1.38 bits per heavy atom. The third-order valence-corrected chi connectivity index (χ3v) is 3.69. The number of benzene rings is 1. The number of alkyl halides is 1. The maximum atomic E-state index is 9.56. The second-order valence-corrected chi connectivity index (χ2v) is 5.06. The summed E-state index contributed by atoms with van der Waals surface area (Å²) in [5.41, 5.74) is 1.20. The van der Waals surface area contributed by atoms with Crippen molar-refractivity contribution in [3.05, 3.63) is 34.9 Å². The van der Waals surface area contributed by atoms with Gasteiger partial charge < -0.3 is 5.11 Å². The molecule has 0 aliphatic heterocycles. The quantitative estimate of drug-likeness (QED) is 0.845. The van der Waals surface area contributed by atoms with Crippen molar-refractivity contribution in [2.75, 3.05) is 18.9 Å². The predicted molar refractivity (Wildman–Crippen MR) is 72.3 cm³/mol. The Labute approximate surface area is 110 Å². The van der Waals surface area contributed by atoms with Crippen LogP contribution in [0.3, 0.4) is 0 Å². The van der Waals surface area contributed by atoms with E-state index in [9.17, 15) is 5.11 Å². The van der Waals surface area contributed by atoms with Crippen LogP contribution in [0.5, 0.6) is 0 Å². The first-order valence-electron chi connectivity index (χ1n) is 5.24. The van der Waals surface area contributed by atoms with Gasteiger partial charge in [0.05, 0.1) is 6.10 Å². The van der Waals surface area contributed by atoms with Gasteiger partial charge in [0.2, 0.25) is 0 Å². The molecule has 0 heterocycles. The van der Waals surface area contributed by atoms with Crippen LogP contribution in [-0.2, 0) is 0 Å². The minimum absolute atomic E-state index is 0.269. The normalized spacial score (nSPS) is 15.1. The van der Waals surface area contributed by atoms with Crippen molar-refractivity contribution in [2.45, 2.75) is 19.1 Å². The molecule has 1 aromatic carbocycles. The molecule has 1 rings (SSSR count). The van der Waals surface area contributed by atoms with Gasteiger partial charge in [0.15, 0.2) is 0 Å². The Balaban J connectivity index is 2.62. The molecule has 0 aliphatic carbocycles. The van der Waals surface area contributed by atoms with Gasteiger partial charge in [0, 0.05) is 22.9 Å². The first-order valence-corrected chi connectivity index (χ1v) is 6.74. The van der Waals surface area contributed by atoms with Crippen LogP contribution in [0, 0.1) is 0 Å². The van der Waals surface area contributed by atoms with Gasteiger partial charge in [0.1, 0.15) is 0 Å². The molecule has 2 nitrogen and oxygen atoms in total. The molecule has 0 saturated heterocycles. The second kappa shape index (κ2) is 6.60. The molecule has 2 unspecified atom stereocenters. The lowest BCUT2D eigenvalue weighted by Crippen LogP contribution is -2.32. The highest BCUT2D eigenvalue weighted by Crippen LogP contribution is 2.20. The number of likely N-dealkylation sites (N-methyl/N-ethyl adjacent to an activating group) is 1. The maximum absolute atomic E-state index is 9.56. The van der Waals surface area contributed by atoms with Gasteiger partial charge >= 0.3 is 0 Å². The molecule has 0 bridgehead atoms. The van der Waals surface area contributed by atoms with E-state index < -0.39 is 0 Å². The molecule has 2 atom stereocenters. The molecule has 0 spiro atoms. The number of aliphatic hydroxyl groups is 1. The summed E-state index contributed by atoms with van der Waals surface area (Å²) >= 11 is 9.11. The summed E-state index contributed by atoms with van der Waals surface area (Å²) in [5, 5.41) is 10.9. The summed E-state index contributed by atoms with van der Waals surface area (Å²) in [6, 6.07) is 8.09. The van der Waals surface area contributed by atoms with E-state index in [4.69, 9.17) is 11.6 Å². The number of rotatable bonds is 5. The predicted octanol–water partition coefficient (Wildman–Crippen LogP) is 3.09. The second-order valence-electron chi connectivity index (χ2n) is 3.98. The van der Waals surface area contributed by atoms with Gasteiger partial charge in [0.25, 0.3) is 0 Å². The lowest BCUT2D eigenvalue weighted by atomic mass is 10.1. The lowest BCUT2D eigenvalue weighted by molar-refractivity contribution is 0.126. The molecule has 0 radical (unpaired) electrons. The standard InChI is InChI=1S/C12H17BrClNO/c1-9(15(2)8-12(16)7-13)10-3-5-11(14)6-4-10/h3-6,9,12,16H,7-8H2,1-2H3. The smallest absolute Gasteiger partial charge is 0.0763 e. The van der Waals surface area contributed by atoms with Crippen LogP contribution in [0.4, 0.5) is 0 Å². The van der Waals surface area contributed by atoms with Crippen molar-refractivity contribution in [3.63, 3.8) is 0 Å². The fourth-order valence-electron chi connectivity index (χ4n) is 1.54. The van der Waals surface area contributed by atoms with Gasteiger partial charge in [-0.1, -0.05) is 39.7 Å². The fraction of sp³-hybridized carbons (Fsp3) is 0.500. The summed E-state index contributed by atoms with van der Waals surface area (Å²) in [6.07, 6.45) is -0.334. The van der Waals surface area contributed by atoms with Crippen molar-refractivity contribution in [2.24, 2.45) is 0 Å². The Morgan fingerprint density at radius 3 is 2.44 bits per heavy atom. The van der Waals surface area contributed by atoms with E-state index in [0.29, 0.717) is 11.9 Å². The number of nitrogens with zero attached hydrogens (tertiary/aromatic N) is 1. The molecule has 90 valence electrons. The van der Waals surface area contributed by atoms with E-state index in [1.807, 2.05) is 31.3 Å². The average Bonchev–Trinajstić information content (AvgIpc) is 2.28. The number of hydrogen-bond donors (Lipinski definition) is 1. The van der Waals surface area contributed by atoms with Gasteiger partial charge in [-0.2, -0.15) is 0 Å². The first-order chi connectivity index (χ1) is 7.54. The van der Waals surface area contributed by atoms with Crippen molar-refractivity contribution in [1.29, 1.82) is 0 Å². The third kappa shape index (κ3) is 4.06. The zero-order valence-corrected chi connectivity index (χ0v) is 11.9. The summed E-state index contributed by atoms with van der Waals surface area (Å²) in [6.45, 7) is 2.76. The molecule has 0 saturated carbocycles. The lowest BCUT2D eigenvalue weighted by Gasteiger charge is -2.26. The van der Waals surface area contributed by atoms with E-state index in [1.165, 1.54) is 5.56 Å². The topological polar surface area (TPSA) is 23.5 Å². The summed E-state index contributed by atoms with van der Waals surface area (Å²) in [7, 11) is 2.01.